The van der Waals surface area contributed by atoms with Gasteiger partial charge in [-0.15, -0.1) is 5.10 Å². The molecule has 0 unspecified atom stereocenters. The maximum Gasteiger partial charge on any atom is 0.404 e. The number of anilines is 2. The van der Waals surface area contributed by atoms with Gasteiger partial charge >= 0.3 is 6.09 Å². The molecule has 0 bridgehead atoms. The normalized spacial score (nSPS) is 19.5. The molecule has 1 fully saturated rings. The highest BCUT2D eigenvalue weighted by Gasteiger charge is 2.22. The van der Waals surface area contributed by atoms with E-state index in [9.17, 15) is 9.18 Å². The molecule has 1 amide bonds. The number of hydrogen-bond donors (Lipinski definition) is 4. The van der Waals surface area contributed by atoms with Crippen LogP contribution in [0.25, 0.3) is 16.9 Å². The third-order valence-corrected chi connectivity index (χ3v) is 4.93. The molecule has 3 heterocycles. The average Bonchev–Trinajstić information content (AvgIpc) is 3.08. The summed E-state index contributed by atoms with van der Waals surface area (Å²) in [5.41, 5.74) is 7.22. The van der Waals surface area contributed by atoms with Crippen LogP contribution in [0.5, 0.6) is 0 Å². The summed E-state index contributed by atoms with van der Waals surface area (Å²) in [6.07, 6.45) is 5.35. The van der Waals surface area contributed by atoms with Gasteiger partial charge in [0, 0.05) is 23.8 Å². The molecular weight excluding hydrogens is 365 g/mol. The number of pyridine rings is 1. The minimum Gasteiger partial charge on any atom is -0.465 e. The van der Waals surface area contributed by atoms with Crippen LogP contribution in [-0.4, -0.2) is 42.9 Å². The molecule has 1 aliphatic carbocycles. The van der Waals surface area contributed by atoms with Gasteiger partial charge in [-0.1, -0.05) is 0 Å². The Morgan fingerprint density at radius 1 is 1.18 bits per heavy atom. The molecule has 5 N–H and O–H groups in total. The van der Waals surface area contributed by atoms with Gasteiger partial charge in [-0.2, -0.15) is 0 Å². The van der Waals surface area contributed by atoms with Gasteiger partial charge in [-0.05, 0) is 43.9 Å². The van der Waals surface area contributed by atoms with Crippen molar-refractivity contribution in [2.45, 2.75) is 37.8 Å². The Morgan fingerprint density at radius 2 is 1.93 bits per heavy atom. The number of nitrogens with zero attached hydrogens (tertiary/aromatic N) is 4. The van der Waals surface area contributed by atoms with Crippen molar-refractivity contribution in [2.24, 2.45) is 0 Å². The van der Waals surface area contributed by atoms with Crippen molar-refractivity contribution in [3.05, 3.63) is 36.4 Å². The second kappa shape index (κ2) is 7.29. The van der Waals surface area contributed by atoms with E-state index in [0.29, 0.717) is 22.7 Å². The first kappa shape index (κ1) is 18.0. The van der Waals surface area contributed by atoms with Crippen LogP contribution in [0.15, 0.2) is 30.6 Å². The molecule has 3 aromatic heterocycles. The number of imidazole rings is 1. The molecule has 0 radical (unpaired) electrons. The number of nitrogen functional groups attached to an aromatic ring is 1. The number of hydrogen-bond acceptors (Lipinski definition) is 6. The van der Waals surface area contributed by atoms with E-state index in [0.717, 1.165) is 25.7 Å². The molecular formula is C18H20FN7O2. The van der Waals surface area contributed by atoms with E-state index in [2.05, 4.69) is 25.7 Å². The van der Waals surface area contributed by atoms with Gasteiger partial charge in [-0.25, -0.2) is 23.7 Å². The monoisotopic (exact) mass is 385 g/mol. The molecule has 9 nitrogen and oxygen atoms in total. The maximum absolute atomic E-state index is 13.8. The summed E-state index contributed by atoms with van der Waals surface area (Å²) in [6.45, 7) is 0. The van der Waals surface area contributed by atoms with Crippen LogP contribution in [0.2, 0.25) is 0 Å². The van der Waals surface area contributed by atoms with E-state index in [1.807, 2.05) is 12.1 Å². The van der Waals surface area contributed by atoms with E-state index >= 15 is 0 Å². The lowest BCUT2D eigenvalue weighted by Gasteiger charge is -2.29. The Morgan fingerprint density at radius 3 is 2.64 bits per heavy atom. The average molecular weight is 385 g/mol. The zero-order chi connectivity index (χ0) is 19.7. The van der Waals surface area contributed by atoms with E-state index in [1.165, 1.54) is 12.3 Å². The molecule has 0 atom stereocenters. The SMILES string of the molecule is Nc1ncc(-c2cnc3ccc(N[C@H]4CC[C@H](NC(=O)O)CC4)nn23)cc1F. The molecule has 1 aliphatic rings. The molecule has 0 aromatic carbocycles. The zero-order valence-corrected chi connectivity index (χ0v) is 15.0. The summed E-state index contributed by atoms with van der Waals surface area (Å²) in [6, 6.07) is 5.19. The minimum absolute atomic E-state index is 0.000783. The third kappa shape index (κ3) is 3.66. The van der Waals surface area contributed by atoms with Crippen LogP contribution in [0.3, 0.4) is 0 Å². The molecule has 0 saturated heterocycles. The van der Waals surface area contributed by atoms with Crippen LogP contribution < -0.4 is 16.4 Å². The molecule has 146 valence electrons. The Hall–Kier alpha value is -3.43. The molecule has 1 saturated carbocycles. The highest BCUT2D eigenvalue weighted by molar-refractivity contribution is 5.65. The van der Waals surface area contributed by atoms with Gasteiger partial charge in [0.25, 0.3) is 0 Å². The van der Waals surface area contributed by atoms with Gasteiger partial charge in [0.15, 0.2) is 17.3 Å². The predicted octanol–water partition coefficient (Wildman–Crippen LogP) is 2.50. The van der Waals surface area contributed by atoms with Crippen molar-refractivity contribution in [1.82, 2.24) is 24.9 Å². The first-order valence-electron chi connectivity index (χ1n) is 9.02. The van der Waals surface area contributed by atoms with E-state index in [1.54, 1.807) is 10.7 Å². The van der Waals surface area contributed by atoms with Crippen molar-refractivity contribution < 1.29 is 14.3 Å². The second-order valence-corrected chi connectivity index (χ2v) is 6.87. The van der Waals surface area contributed by atoms with Crippen LogP contribution in [0.4, 0.5) is 20.8 Å². The number of nitrogens with two attached hydrogens (primary N) is 1. The fourth-order valence-corrected chi connectivity index (χ4v) is 3.50. The maximum atomic E-state index is 13.8. The lowest BCUT2D eigenvalue weighted by Crippen LogP contribution is -2.39. The van der Waals surface area contributed by atoms with E-state index in [-0.39, 0.29) is 17.9 Å². The van der Waals surface area contributed by atoms with E-state index in [4.69, 9.17) is 10.8 Å². The molecule has 10 heteroatoms. The zero-order valence-electron chi connectivity index (χ0n) is 15.0. The van der Waals surface area contributed by atoms with Crippen LogP contribution in [0.1, 0.15) is 25.7 Å². The number of amides is 1. The van der Waals surface area contributed by atoms with Crippen LogP contribution in [0, 0.1) is 5.82 Å². The van der Waals surface area contributed by atoms with Crippen molar-refractivity contribution in [3.63, 3.8) is 0 Å². The van der Waals surface area contributed by atoms with Crippen molar-refractivity contribution in [2.75, 3.05) is 11.1 Å². The number of rotatable bonds is 4. The molecule has 3 aromatic rings. The van der Waals surface area contributed by atoms with Gasteiger partial charge < -0.3 is 21.5 Å². The van der Waals surface area contributed by atoms with Gasteiger partial charge in [-0.3, -0.25) is 0 Å². The molecule has 0 spiro atoms. The lowest BCUT2D eigenvalue weighted by atomic mass is 9.91. The number of halogens is 1. The number of aromatic nitrogens is 4. The smallest absolute Gasteiger partial charge is 0.404 e. The Balaban J connectivity index is 1.52. The fourth-order valence-electron chi connectivity index (χ4n) is 3.50. The third-order valence-electron chi connectivity index (χ3n) is 4.93. The van der Waals surface area contributed by atoms with Crippen molar-refractivity contribution in [1.29, 1.82) is 0 Å². The first-order chi connectivity index (χ1) is 13.5. The second-order valence-electron chi connectivity index (χ2n) is 6.87. The Kier molecular flexibility index (Phi) is 4.68. The largest absolute Gasteiger partial charge is 0.465 e. The quantitative estimate of drug-likeness (QED) is 0.543. The fraction of sp³-hybridized carbons (Fsp3) is 0.333. The molecule has 4 rings (SSSR count). The highest BCUT2D eigenvalue weighted by atomic mass is 19.1. The number of carboxylic acid groups (broad SMARTS) is 1. The predicted molar refractivity (Wildman–Crippen MR) is 101 cm³/mol. The van der Waals surface area contributed by atoms with Crippen molar-refractivity contribution >= 4 is 23.4 Å². The van der Waals surface area contributed by atoms with Gasteiger partial charge in [0.05, 0.1) is 11.9 Å². The van der Waals surface area contributed by atoms with Crippen molar-refractivity contribution in [3.8, 4) is 11.3 Å². The van der Waals surface area contributed by atoms with E-state index < -0.39 is 11.9 Å². The van der Waals surface area contributed by atoms with Gasteiger partial charge in [0.1, 0.15) is 5.82 Å². The van der Waals surface area contributed by atoms with Gasteiger partial charge in [0.2, 0.25) is 0 Å². The standard InChI is InChI=1S/C18H20FN7O2/c19-13-7-10(8-22-17(13)20)14-9-21-16-6-5-15(25-26(14)16)23-11-1-3-12(4-2-11)24-18(27)28/h5-9,11-12,24H,1-4H2,(H2,20,22)(H,23,25)(H,27,28)/t11-,12-. The molecule has 28 heavy (non-hydrogen) atoms. The minimum atomic E-state index is -0.982. The summed E-state index contributed by atoms with van der Waals surface area (Å²) in [5.74, 6) is -0.0698. The van der Waals surface area contributed by atoms with Crippen LogP contribution >= 0.6 is 0 Å². The van der Waals surface area contributed by atoms with Crippen LogP contribution in [-0.2, 0) is 0 Å². The summed E-state index contributed by atoms with van der Waals surface area (Å²) < 4.78 is 15.4. The number of fused-ring (bicyclic) bond motifs is 1. The topological polar surface area (TPSA) is 130 Å². The summed E-state index contributed by atoms with van der Waals surface area (Å²) in [5, 5.41) is 19.3. The number of carbonyl (C=O) groups is 1. The molecule has 0 aliphatic heterocycles. The Labute approximate surface area is 159 Å². The highest BCUT2D eigenvalue weighted by Crippen LogP contribution is 2.24. The summed E-state index contributed by atoms with van der Waals surface area (Å²) in [4.78, 5) is 18.9. The lowest BCUT2D eigenvalue weighted by molar-refractivity contribution is 0.185. The summed E-state index contributed by atoms with van der Waals surface area (Å²) in [7, 11) is 0. The number of nitrogens with one attached hydrogen (secondary N) is 2. The Bertz CT molecular complexity index is 1010. The summed E-state index contributed by atoms with van der Waals surface area (Å²) >= 11 is 0. The first-order valence-corrected chi connectivity index (χ1v) is 9.02.